The van der Waals surface area contributed by atoms with Gasteiger partial charge < -0.3 is 8.98 Å². The Labute approximate surface area is 310 Å². The summed E-state index contributed by atoms with van der Waals surface area (Å²) in [4.78, 5) is 15.4. The number of rotatable bonds is 5. The highest BCUT2D eigenvalue weighted by molar-refractivity contribution is 6.20. The predicted octanol–water partition coefficient (Wildman–Crippen LogP) is 12.7. The van der Waals surface area contributed by atoms with Crippen molar-refractivity contribution in [1.82, 2.24) is 19.5 Å². The highest BCUT2D eigenvalue weighted by Gasteiger charge is 2.18. The molecule has 0 saturated carbocycles. The van der Waals surface area contributed by atoms with Gasteiger partial charge in [0.25, 0.3) is 0 Å². The van der Waals surface area contributed by atoms with Crippen LogP contribution in [0.1, 0.15) is 0 Å². The number of benzene rings is 7. The third kappa shape index (κ3) is 4.83. The molecule has 0 fully saturated rings. The molecule has 11 rings (SSSR count). The molecule has 252 valence electrons. The molecule has 5 heteroatoms. The van der Waals surface area contributed by atoms with E-state index in [1.165, 1.54) is 21.8 Å². The van der Waals surface area contributed by atoms with Gasteiger partial charge in [0.05, 0.1) is 27.9 Å². The van der Waals surface area contributed by atoms with Crippen LogP contribution in [-0.2, 0) is 0 Å². The predicted molar refractivity (Wildman–Crippen MR) is 221 cm³/mol. The first-order chi connectivity index (χ1) is 26.8. The Morgan fingerprint density at radius 1 is 0.407 bits per heavy atom. The molecule has 0 N–H and O–H groups in total. The summed E-state index contributed by atoms with van der Waals surface area (Å²) in [5, 5.41) is 5.75. The molecule has 5 nitrogen and oxygen atoms in total. The van der Waals surface area contributed by atoms with Crippen LogP contribution in [0.3, 0.4) is 0 Å². The number of para-hydroxylation sites is 4. The van der Waals surface area contributed by atoms with E-state index in [4.69, 9.17) is 19.4 Å². The minimum Gasteiger partial charge on any atom is -0.454 e. The van der Waals surface area contributed by atoms with Crippen LogP contribution in [0.15, 0.2) is 186 Å². The standard InChI is InChI=1S/C49H30N4O/c1-2-12-31(13-3-1)41-30-42(32-26-28-35(29-27-32)53-43-19-9-5-14-36(43)37-15-6-10-20-44(37)53)52-49(51-41)34-24-22-33(23-25-34)47-48-46(38-16-4-8-18-40(38)50-47)39-17-7-11-21-45(39)54-48/h1-30H. The molecule has 0 spiro atoms. The van der Waals surface area contributed by atoms with Crippen molar-refractivity contribution >= 4 is 54.6 Å². The zero-order valence-corrected chi connectivity index (χ0v) is 29.0. The van der Waals surface area contributed by atoms with Gasteiger partial charge in [0.1, 0.15) is 11.3 Å². The summed E-state index contributed by atoms with van der Waals surface area (Å²) in [6.45, 7) is 0. The van der Waals surface area contributed by atoms with Crippen LogP contribution >= 0.6 is 0 Å². The lowest BCUT2D eigenvalue weighted by atomic mass is 10.0. The molecular weight excluding hydrogens is 661 g/mol. The van der Waals surface area contributed by atoms with E-state index >= 15 is 0 Å². The van der Waals surface area contributed by atoms with Gasteiger partial charge in [0, 0.05) is 54.9 Å². The van der Waals surface area contributed by atoms with Gasteiger partial charge in [-0.25, -0.2) is 15.0 Å². The Hall–Kier alpha value is -7.37. The molecule has 4 aromatic heterocycles. The first kappa shape index (κ1) is 30.3. The zero-order chi connectivity index (χ0) is 35.6. The summed E-state index contributed by atoms with van der Waals surface area (Å²) in [6, 6.07) is 63.1. The number of nitrogens with zero attached hydrogens (tertiary/aromatic N) is 4. The van der Waals surface area contributed by atoms with Gasteiger partial charge in [-0.3, -0.25) is 0 Å². The molecule has 0 aliphatic rings. The molecule has 0 aliphatic heterocycles. The molecule has 0 unspecified atom stereocenters. The van der Waals surface area contributed by atoms with E-state index in [-0.39, 0.29) is 0 Å². The molecule has 0 atom stereocenters. The smallest absolute Gasteiger partial charge is 0.162 e. The van der Waals surface area contributed by atoms with Gasteiger partial charge in [-0.15, -0.1) is 0 Å². The van der Waals surface area contributed by atoms with Crippen molar-refractivity contribution in [3.05, 3.63) is 182 Å². The fourth-order valence-electron chi connectivity index (χ4n) is 7.87. The number of fused-ring (bicyclic) bond motifs is 8. The summed E-state index contributed by atoms with van der Waals surface area (Å²) in [7, 11) is 0. The molecule has 4 heterocycles. The Kier molecular flexibility index (Phi) is 6.79. The Morgan fingerprint density at radius 2 is 0.944 bits per heavy atom. The maximum Gasteiger partial charge on any atom is 0.162 e. The van der Waals surface area contributed by atoms with Gasteiger partial charge in [0.2, 0.25) is 0 Å². The molecule has 0 bridgehead atoms. The second kappa shape index (κ2) is 12.1. The molecule has 0 radical (unpaired) electrons. The normalized spacial score (nSPS) is 11.7. The van der Waals surface area contributed by atoms with Crippen molar-refractivity contribution in [3.63, 3.8) is 0 Å². The van der Waals surface area contributed by atoms with E-state index in [0.29, 0.717) is 5.82 Å². The van der Waals surface area contributed by atoms with Crippen LogP contribution in [0.2, 0.25) is 0 Å². The highest BCUT2D eigenvalue weighted by Crippen LogP contribution is 2.40. The van der Waals surface area contributed by atoms with Crippen molar-refractivity contribution in [2.45, 2.75) is 0 Å². The van der Waals surface area contributed by atoms with E-state index in [0.717, 1.165) is 77.9 Å². The summed E-state index contributed by atoms with van der Waals surface area (Å²) in [5.74, 6) is 0.657. The third-order valence-electron chi connectivity index (χ3n) is 10.4. The summed E-state index contributed by atoms with van der Waals surface area (Å²) in [5.41, 5.74) is 12.5. The van der Waals surface area contributed by atoms with Gasteiger partial charge in [0.15, 0.2) is 11.4 Å². The third-order valence-corrected chi connectivity index (χ3v) is 10.4. The molecule has 0 saturated heterocycles. The van der Waals surface area contributed by atoms with E-state index in [2.05, 4.69) is 150 Å². The maximum absolute atomic E-state index is 6.48. The summed E-state index contributed by atoms with van der Waals surface area (Å²) < 4.78 is 8.81. The Balaban J connectivity index is 1.02. The first-order valence-corrected chi connectivity index (χ1v) is 18.1. The van der Waals surface area contributed by atoms with Crippen molar-refractivity contribution in [2.24, 2.45) is 0 Å². The van der Waals surface area contributed by atoms with Crippen molar-refractivity contribution in [2.75, 3.05) is 0 Å². The highest BCUT2D eigenvalue weighted by atomic mass is 16.3. The number of pyridine rings is 1. The quantitative estimate of drug-likeness (QED) is 0.180. The monoisotopic (exact) mass is 690 g/mol. The van der Waals surface area contributed by atoms with Gasteiger partial charge in [-0.1, -0.05) is 140 Å². The number of aromatic nitrogens is 4. The average molecular weight is 691 g/mol. The van der Waals surface area contributed by atoms with E-state index < -0.39 is 0 Å². The topological polar surface area (TPSA) is 56.7 Å². The second-order valence-corrected chi connectivity index (χ2v) is 13.6. The van der Waals surface area contributed by atoms with Gasteiger partial charge in [-0.05, 0) is 42.5 Å². The lowest BCUT2D eigenvalue weighted by Gasteiger charge is -2.12. The fourth-order valence-corrected chi connectivity index (χ4v) is 7.87. The van der Waals surface area contributed by atoms with E-state index in [1.807, 2.05) is 36.4 Å². The fraction of sp³-hybridized carbons (Fsp3) is 0. The number of hydrogen-bond donors (Lipinski definition) is 0. The maximum atomic E-state index is 6.48. The number of hydrogen-bond acceptors (Lipinski definition) is 4. The van der Waals surface area contributed by atoms with Crippen LogP contribution < -0.4 is 0 Å². The van der Waals surface area contributed by atoms with Crippen molar-refractivity contribution in [1.29, 1.82) is 0 Å². The van der Waals surface area contributed by atoms with Crippen molar-refractivity contribution in [3.8, 4) is 50.8 Å². The number of furan rings is 1. The largest absolute Gasteiger partial charge is 0.454 e. The zero-order valence-electron chi connectivity index (χ0n) is 29.0. The lowest BCUT2D eigenvalue weighted by Crippen LogP contribution is -1.97. The summed E-state index contributed by atoms with van der Waals surface area (Å²) in [6.07, 6.45) is 0. The first-order valence-electron chi connectivity index (χ1n) is 18.1. The molecule has 7 aromatic carbocycles. The van der Waals surface area contributed by atoms with E-state index in [9.17, 15) is 0 Å². The lowest BCUT2D eigenvalue weighted by molar-refractivity contribution is 0.669. The molecular formula is C49H30N4O. The SMILES string of the molecule is c1ccc(-c2cc(-c3ccc(-n4c5ccccc5c5ccccc54)cc3)nc(-c3ccc(-c4nc5ccccc5c5c4oc4ccccc45)cc3)n2)cc1. The molecule has 11 aromatic rings. The van der Waals surface area contributed by atoms with E-state index in [1.54, 1.807) is 0 Å². The minimum absolute atomic E-state index is 0.657. The average Bonchev–Trinajstić information content (AvgIpc) is 3.81. The van der Waals surface area contributed by atoms with Crippen molar-refractivity contribution < 1.29 is 4.42 Å². The van der Waals surface area contributed by atoms with Crippen LogP contribution in [0.4, 0.5) is 0 Å². The van der Waals surface area contributed by atoms with Crippen LogP contribution in [0.5, 0.6) is 0 Å². The molecule has 54 heavy (non-hydrogen) atoms. The Morgan fingerprint density at radius 3 is 1.65 bits per heavy atom. The minimum atomic E-state index is 0.657. The van der Waals surface area contributed by atoms with Gasteiger partial charge >= 0.3 is 0 Å². The van der Waals surface area contributed by atoms with Crippen LogP contribution in [0, 0.1) is 0 Å². The van der Waals surface area contributed by atoms with Gasteiger partial charge in [-0.2, -0.15) is 0 Å². The molecule has 0 aliphatic carbocycles. The molecule has 0 amide bonds. The van der Waals surface area contributed by atoms with Crippen LogP contribution in [-0.4, -0.2) is 19.5 Å². The second-order valence-electron chi connectivity index (χ2n) is 13.6. The Bertz CT molecular complexity index is 3140. The summed E-state index contributed by atoms with van der Waals surface area (Å²) >= 11 is 0. The van der Waals surface area contributed by atoms with Crippen LogP contribution in [0.25, 0.3) is 105 Å².